The maximum atomic E-state index is 13.3. The van der Waals surface area contributed by atoms with Gasteiger partial charge in [-0.25, -0.2) is 9.78 Å². The number of carbonyl (C=O) groups is 1. The van der Waals surface area contributed by atoms with E-state index in [-0.39, 0.29) is 22.4 Å². The quantitative estimate of drug-likeness (QED) is 0.408. The lowest BCUT2D eigenvalue weighted by Crippen LogP contribution is -2.62. The summed E-state index contributed by atoms with van der Waals surface area (Å²) in [4.78, 5) is 20.5. The van der Waals surface area contributed by atoms with Crippen LogP contribution in [0.15, 0.2) is 17.5 Å². The number of hydrogen-bond acceptors (Lipinski definition) is 4. The third-order valence-corrected chi connectivity index (χ3v) is 11.1. The normalized spacial score (nSPS) is 29.2. The van der Waals surface area contributed by atoms with E-state index in [1.807, 2.05) is 0 Å². The van der Waals surface area contributed by atoms with E-state index < -0.39 is 0 Å². The summed E-state index contributed by atoms with van der Waals surface area (Å²) in [7, 11) is 0. The van der Waals surface area contributed by atoms with Gasteiger partial charge in [-0.3, -0.25) is 0 Å². The van der Waals surface area contributed by atoms with Gasteiger partial charge in [0.2, 0.25) is 0 Å². The van der Waals surface area contributed by atoms with Crippen LogP contribution in [0.4, 0.5) is 4.79 Å². The number of phenolic OH excluding ortho intramolecular Hbond substituents is 1. The molecule has 5 nitrogen and oxygen atoms in total. The third-order valence-electron chi connectivity index (χ3n) is 10.1. The van der Waals surface area contributed by atoms with Crippen LogP contribution in [0.25, 0.3) is 11.3 Å². The van der Waals surface area contributed by atoms with Crippen molar-refractivity contribution in [3.05, 3.63) is 33.6 Å². The number of carbonyl (C=O) groups excluding carboxylic acids is 1. The number of likely N-dealkylation sites (tertiary alicyclic amines) is 1. The summed E-state index contributed by atoms with van der Waals surface area (Å²) < 4.78 is 0. The molecular formula is C33H47N3O2S. The smallest absolute Gasteiger partial charge is 0.317 e. The molecule has 0 spiro atoms. The Hall–Kier alpha value is -2.08. The van der Waals surface area contributed by atoms with Gasteiger partial charge in [-0.15, -0.1) is 11.3 Å². The van der Waals surface area contributed by atoms with E-state index in [1.54, 1.807) is 11.3 Å². The number of amides is 2. The zero-order valence-electron chi connectivity index (χ0n) is 24.8. The zero-order chi connectivity index (χ0) is 27.7. The fourth-order valence-corrected chi connectivity index (χ4v) is 9.43. The minimum Gasteiger partial charge on any atom is -0.507 e. The molecule has 0 radical (unpaired) electrons. The molecule has 1 aromatic carbocycles. The van der Waals surface area contributed by atoms with Crippen molar-refractivity contribution in [2.75, 3.05) is 13.1 Å². The van der Waals surface area contributed by atoms with Crippen molar-refractivity contribution in [1.29, 1.82) is 0 Å². The molecule has 7 rings (SSSR count). The topological polar surface area (TPSA) is 65.5 Å². The lowest BCUT2D eigenvalue weighted by atomic mass is 9.53. The maximum Gasteiger partial charge on any atom is 0.317 e. The number of aromatic hydroxyl groups is 1. The maximum absolute atomic E-state index is 13.3. The van der Waals surface area contributed by atoms with Crippen LogP contribution >= 0.6 is 11.3 Å². The number of piperidine rings is 1. The number of aromatic nitrogens is 1. The molecule has 0 unspecified atom stereocenters. The molecule has 0 atom stereocenters. The molecule has 6 heteroatoms. The Bertz CT molecular complexity index is 1170. The Morgan fingerprint density at radius 1 is 0.949 bits per heavy atom. The second kappa shape index (κ2) is 9.49. The van der Waals surface area contributed by atoms with Crippen LogP contribution in [0.1, 0.15) is 115 Å². The van der Waals surface area contributed by atoms with Crippen LogP contribution in [-0.2, 0) is 10.8 Å². The summed E-state index contributed by atoms with van der Waals surface area (Å²) in [5, 5.41) is 18.0. The highest BCUT2D eigenvalue weighted by Crippen LogP contribution is 2.55. The largest absolute Gasteiger partial charge is 0.507 e. The highest BCUT2D eigenvalue weighted by molar-refractivity contribution is 7.10. The standard InChI is InChI=1S/C33H47N3O2S/c1-31(2,3)25-14-24(15-26(28(25)37)32(4,5)6)27-19-39-29(34-27)23-7-9-36(10-8-23)30(38)35-33-16-20-11-21(17-33)13-22(12-20)18-33/h14-15,19-23,37H,7-13,16-18H2,1-6H3,(H,35,38). The van der Waals surface area contributed by atoms with Gasteiger partial charge >= 0.3 is 6.03 Å². The first-order valence-corrected chi connectivity index (χ1v) is 16.1. The number of thiazole rings is 1. The van der Waals surface area contributed by atoms with Crippen molar-refractivity contribution in [2.24, 2.45) is 17.8 Å². The number of rotatable bonds is 3. The second-order valence-corrected chi connectivity index (χ2v) is 16.3. The number of hydrogen-bond donors (Lipinski definition) is 2. The van der Waals surface area contributed by atoms with Crippen molar-refractivity contribution in [3.63, 3.8) is 0 Å². The molecule has 2 amide bonds. The first-order chi connectivity index (χ1) is 18.3. The van der Waals surface area contributed by atoms with Crippen molar-refractivity contribution >= 4 is 17.4 Å². The Kier molecular flexibility index (Phi) is 6.60. The molecule has 1 saturated heterocycles. The summed E-state index contributed by atoms with van der Waals surface area (Å²) in [5.74, 6) is 3.33. The molecule has 4 aliphatic carbocycles. The van der Waals surface area contributed by atoms with Crippen LogP contribution in [-0.4, -0.2) is 39.6 Å². The van der Waals surface area contributed by atoms with E-state index in [9.17, 15) is 9.90 Å². The molecule has 5 aliphatic rings. The van der Waals surface area contributed by atoms with Crippen molar-refractivity contribution in [2.45, 2.75) is 115 Å². The summed E-state index contributed by atoms with van der Waals surface area (Å²) >= 11 is 1.74. The minimum absolute atomic E-state index is 0.0782. The van der Waals surface area contributed by atoms with Gasteiger partial charge in [-0.1, -0.05) is 41.5 Å². The van der Waals surface area contributed by atoms with Gasteiger partial charge in [0.1, 0.15) is 5.75 Å². The van der Waals surface area contributed by atoms with E-state index in [1.165, 1.54) is 43.5 Å². The zero-order valence-corrected chi connectivity index (χ0v) is 25.6. The van der Waals surface area contributed by atoms with Gasteiger partial charge in [-0.2, -0.15) is 0 Å². The third kappa shape index (κ3) is 5.23. The van der Waals surface area contributed by atoms with Gasteiger partial charge in [0.05, 0.1) is 10.7 Å². The van der Waals surface area contributed by atoms with Crippen molar-refractivity contribution in [1.82, 2.24) is 15.2 Å². The Labute approximate surface area is 238 Å². The van der Waals surface area contributed by atoms with Crippen LogP contribution in [0.3, 0.4) is 0 Å². The number of nitrogens with one attached hydrogen (secondary N) is 1. The van der Waals surface area contributed by atoms with Gasteiger partial charge in [0.15, 0.2) is 0 Å². The number of nitrogens with zero attached hydrogens (tertiary/aromatic N) is 2. The molecule has 1 aromatic heterocycles. The van der Waals surface area contributed by atoms with E-state index in [2.05, 4.69) is 69.3 Å². The molecule has 4 bridgehead atoms. The molecule has 2 aromatic rings. The summed E-state index contributed by atoms with van der Waals surface area (Å²) in [6.07, 6.45) is 9.74. The van der Waals surface area contributed by atoms with Crippen LogP contribution in [0, 0.1) is 17.8 Å². The molecular weight excluding hydrogens is 502 g/mol. The van der Waals surface area contributed by atoms with E-state index in [0.29, 0.717) is 11.7 Å². The highest BCUT2D eigenvalue weighted by Gasteiger charge is 2.52. The summed E-state index contributed by atoms with van der Waals surface area (Å²) in [6.45, 7) is 14.5. The first-order valence-electron chi connectivity index (χ1n) is 15.2. The summed E-state index contributed by atoms with van der Waals surface area (Å²) in [5.41, 5.74) is 3.76. The monoisotopic (exact) mass is 549 g/mol. The van der Waals surface area contributed by atoms with Crippen molar-refractivity contribution in [3.8, 4) is 17.0 Å². The average Bonchev–Trinajstić information content (AvgIpc) is 3.32. The Balaban J connectivity index is 1.13. The Morgan fingerprint density at radius 3 is 1.95 bits per heavy atom. The highest BCUT2D eigenvalue weighted by atomic mass is 32.1. The lowest BCUT2D eigenvalue weighted by molar-refractivity contribution is -0.0160. The first kappa shape index (κ1) is 27.1. The summed E-state index contributed by atoms with van der Waals surface area (Å²) in [6, 6.07) is 4.42. The van der Waals surface area contributed by atoms with Crippen LogP contribution in [0.5, 0.6) is 5.75 Å². The van der Waals surface area contributed by atoms with E-state index >= 15 is 0 Å². The number of phenols is 1. The SMILES string of the molecule is CC(C)(C)c1cc(-c2csc(C3CCN(C(=O)NC45CC6CC(CC(C6)C4)C5)CC3)n2)cc(C(C)(C)C)c1O. The average molecular weight is 550 g/mol. The van der Waals surface area contributed by atoms with Crippen LogP contribution < -0.4 is 5.32 Å². The lowest BCUT2D eigenvalue weighted by Gasteiger charge is -2.57. The number of benzene rings is 1. The fraction of sp³-hybridized carbons (Fsp3) is 0.697. The molecule has 2 heterocycles. The van der Waals surface area contributed by atoms with Gasteiger partial charge < -0.3 is 15.3 Å². The van der Waals surface area contributed by atoms with Gasteiger partial charge in [-0.05, 0) is 92.1 Å². The molecule has 5 fully saturated rings. The van der Waals surface area contributed by atoms with Crippen LogP contribution in [0.2, 0.25) is 0 Å². The van der Waals surface area contributed by atoms with Gasteiger partial charge in [0.25, 0.3) is 0 Å². The van der Waals surface area contributed by atoms with E-state index in [4.69, 9.17) is 4.98 Å². The molecule has 1 aliphatic heterocycles. The molecule has 212 valence electrons. The van der Waals surface area contributed by atoms with Crippen molar-refractivity contribution < 1.29 is 9.90 Å². The Morgan fingerprint density at radius 2 is 1.46 bits per heavy atom. The molecule has 4 saturated carbocycles. The predicted molar refractivity (Wildman–Crippen MR) is 160 cm³/mol. The van der Waals surface area contributed by atoms with E-state index in [0.717, 1.165) is 66.1 Å². The molecule has 39 heavy (non-hydrogen) atoms. The fourth-order valence-electron chi connectivity index (χ4n) is 8.43. The number of urea groups is 1. The minimum atomic E-state index is -0.164. The molecule has 2 N–H and O–H groups in total. The predicted octanol–water partition coefficient (Wildman–Crippen LogP) is 7.97. The van der Waals surface area contributed by atoms with Gasteiger partial charge in [0, 0.05) is 46.6 Å². The second-order valence-electron chi connectivity index (χ2n) is 15.4.